The molecule has 2 unspecified atom stereocenters. The largest absolute Gasteiger partial charge is 0.481 e. The molecule has 104 valence electrons. The van der Waals surface area contributed by atoms with E-state index in [1.807, 2.05) is 13.8 Å². The maximum absolute atomic E-state index is 12.1. The van der Waals surface area contributed by atoms with Gasteiger partial charge in [-0.2, -0.15) is 0 Å². The average molecular weight is 257 g/mol. The van der Waals surface area contributed by atoms with Crippen LogP contribution >= 0.6 is 0 Å². The quantitative estimate of drug-likeness (QED) is 0.781. The Labute approximate surface area is 108 Å². The summed E-state index contributed by atoms with van der Waals surface area (Å²) < 4.78 is 5.05. The molecule has 0 bridgehead atoms. The van der Waals surface area contributed by atoms with Gasteiger partial charge in [0.1, 0.15) is 0 Å². The van der Waals surface area contributed by atoms with Crippen LogP contribution in [0, 0.1) is 11.8 Å². The number of ether oxygens (including phenoxy) is 1. The molecule has 18 heavy (non-hydrogen) atoms. The minimum Gasteiger partial charge on any atom is -0.481 e. The summed E-state index contributed by atoms with van der Waals surface area (Å²) in [6.45, 7) is 4.23. The lowest BCUT2D eigenvalue weighted by Crippen LogP contribution is -2.49. The highest BCUT2D eigenvalue weighted by molar-refractivity contribution is 5.80. The topological polar surface area (TPSA) is 75.6 Å². The van der Waals surface area contributed by atoms with Gasteiger partial charge < -0.3 is 15.2 Å². The molecule has 5 nitrogen and oxygen atoms in total. The van der Waals surface area contributed by atoms with Gasteiger partial charge in [0.25, 0.3) is 0 Å². The SMILES string of the molecule is COCC(C)(C)NC(=O)C1CCCC(C(=O)O)C1. The van der Waals surface area contributed by atoms with E-state index in [1.54, 1.807) is 7.11 Å². The number of amides is 1. The van der Waals surface area contributed by atoms with Crippen molar-refractivity contribution in [2.45, 2.75) is 45.1 Å². The maximum Gasteiger partial charge on any atom is 0.306 e. The second kappa shape index (κ2) is 6.18. The molecule has 1 aliphatic carbocycles. The van der Waals surface area contributed by atoms with Gasteiger partial charge >= 0.3 is 5.97 Å². The fraction of sp³-hybridized carbons (Fsp3) is 0.846. The minimum atomic E-state index is -0.788. The Morgan fingerprint density at radius 1 is 1.33 bits per heavy atom. The van der Waals surface area contributed by atoms with E-state index in [0.717, 1.165) is 12.8 Å². The van der Waals surface area contributed by atoms with Crippen LogP contribution in [0.5, 0.6) is 0 Å². The first-order chi connectivity index (χ1) is 8.35. The second-order valence-electron chi connectivity index (χ2n) is 5.70. The highest BCUT2D eigenvalue weighted by atomic mass is 16.5. The van der Waals surface area contributed by atoms with E-state index < -0.39 is 11.5 Å². The van der Waals surface area contributed by atoms with Crippen molar-refractivity contribution >= 4 is 11.9 Å². The van der Waals surface area contributed by atoms with E-state index in [0.29, 0.717) is 19.4 Å². The van der Waals surface area contributed by atoms with Crippen LogP contribution in [-0.4, -0.2) is 36.2 Å². The van der Waals surface area contributed by atoms with Crippen LogP contribution in [0.25, 0.3) is 0 Å². The predicted octanol–water partition coefficient (Wildman–Crippen LogP) is 1.42. The number of carbonyl (C=O) groups excluding carboxylic acids is 1. The number of carboxylic acids is 1. The fourth-order valence-corrected chi connectivity index (χ4v) is 2.48. The van der Waals surface area contributed by atoms with Crippen molar-refractivity contribution in [2.24, 2.45) is 11.8 Å². The number of rotatable bonds is 5. The summed E-state index contributed by atoms with van der Waals surface area (Å²) in [5.41, 5.74) is -0.415. The summed E-state index contributed by atoms with van der Waals surface area (Å²) in [6, 6.07) is 0. The molecule has 0 spiro atoms. The van der Waals surface area contributed by atoms with Crippen molar-refractivity contribution in [3.63, 3.8) is 0 Å². The van der Waals surface area contributed by atoms with Crippen LogP contribution in [0.4, 0.5) is 0 Å². The summed E-state index contributed by atoms with van der Waals surface area (Å²) in [5.74, 6) is -1.40. The minimum absolute atomic E-state index is 0.0528. The molecule has 0 saturated heterocycles. The van der Waals surface area contributed by atoms with Crippen LogP contribution in [0.1, 0.15) is 39.5 Å². The molecule has 0 radical (unpaired) electrons. The average Bonchev–Trinajstić information content (AvgIpc) is 2.28. The van der Waals surface area contributed by atoms with Gasteiger partial charge in [-0.15, -0.1) is 0 Å². The molecule has 0 aliphatic heterocycles. The molecule has 1 rings (SSSR count). The third-order valence-electron chi connectivity index (χ3n) is 3.36. The third-order valence-corrected chi connectivity index (χ3v) is 3.36. The van der Waals surface area contributed by atoms with Crippen molar-refractivity contribution < 1.29 is 19.4 Å². The molecule has 1 fully saturated rings. The molecule has 0 aromatic rings. The molecular weight excluding hydrogens is 234 g/mol. The van der Waals surface area contributed by atoms with Gasteiger partial charge in [-0.3, -0.25) is 9.59 Å². The first kappa shape index (κ1) is 15.0. The summed E-state index contributed by atoms with van der Waals surface area (Å²) in [6.07, 6.45) is 2.71. The standard InChI is InChI=1S/C13H23NO4/c1-13(2,8-18-3)14-11(15)9-5-4-6-10(7-9)12(16)17/h9-10H,4-8H2,1-3H3,(H,14,15)(H,16,17). The van der Waals surface area contributed by atoms with Gasteiger partial charge in [0.15, 0.2) is 0 Å². The Morgan fingerprint density at radius 2 is 1.94 bits per heavy atom. The first-order valence-electron chi connectivity index (χ1n) is 6.39. The number of nitrogens with one attached hydrogen (secondary N) is 1. The molecule has 0 aromatic heterocycles. The number of carboxylic acid groups (broad SMARTS) is 1. The summed E-state index contributed by atoms with van der Waals surface area (Å²) >= 11 is 0. The smallest absolute Gasteiger partial charge is 0.306 e. The number of carbonyl (C=O) groups is 2. The van der Waals surface area contributed by atoms with Gasteiger partial charge in [0, 0.05) is 13.0 Å². The number of hydrogen-bond acceptors (Lipinski definition) is 3. The van der Waals surface area contributed by atoms with E-state index >= 15 is 0 Å². The first-order valence-corrected chi connectivity index (χ1v) is 6.39. The lowest BCUT2D eigenvalue weighted by molar-refractivity contribution is -0.144. The number of methoxy groups -OCH3 is 1. The molecule has 1 amide bonds. The van der Waals surface area contributed by atoms with Gasteiger partial charge in [-0.25, -0.2) is 0 Å². The zero-order chi connectivity index (χ0) is 13.8. The van der Waals surface area contributed by atoms with Crippen LogP contribution in [0.2, 0.25) is 0 Å². The van der Waals surface area contributed by atoms with Gasteiger partial charge in [0.05, 0.1) is 18.1 Å². The van der Waals surface area contributed by atoms with Crippen molar-refractivity contribution in [3.05, 3.63) is 0 Å². The molecule has 1 saturated carbocycles. The molecule has 2 N–H and O–H groups in total. The summed E-state index contributed by atoms with van der Waals surface area (Å²) in [5, 5.41) is 11.9. The number of aliphatic carboxylic acids is 1. The van der Waals surface area contributed by atoms with Crippen molar-refractivity contribution in [2.75, 3.05) is 13.7 Å². The molecule has 1 aliphatic rings. The molecule has 0 heterocycles. The van der Waals surface area contributed by atoms with Crippen LogP contribution in [-0.2, 0) is 14.3 Å². The number of hydrogen-bond donors (Lipinski definition) is 2. The lowest BCUT2D eigenvalue weighted by atomic mass is 9.80. The van der Waals surface area contributed by atoms with E-state index in [-0.39, 0.29) is 17.7 Å². The van der Waals surface area contributed by atoms with E-state index in [9.17, 15) is 9.59 Å². The fourth-order valence-electron chi connectivity index (χ4n) is 2.48. The van der Waals surface area contributed by atoms with Crippen LogP contribution < -0.4 is 5.32 Å². The van der Waals surface area contributed by atoms with Gasteiger partial charge in [-0.1, -0.05) is 6.42 Å². The summed E-state index contributed by atoms with van der Waals surface area (Å²) in [4.78, 5) is 23.1. The summed E-state index contributed by atoms with van der Waals surface area (Å²) in [7, 11) is 1.59. The molecule has 0 aromatic carbocycles. The highest BCUT2D eigenvalue weighted by Crippen LogP contribution is 2.29. The third kappa shape index (κ3) is 4.29. The van der Waals surface area contributed by atoms with Gasteiger partial charge in [0.2, 0.25) is 5.91 Å². The Bertz CT molecular complexity index is 314. The van der Waals surface area contributed by atoms with Crippen molar-refractivity contribution in [1.29, 1.82) is 0 Å². The molecule has 2 atom stereocenters. The second-order valence-corrected chi connectivity index (χ2v) is 5.70. The molecule has 5 heteroatoms. The van der Waals surface area contributed by atoms with Crippen LogP contribution in [0.15, 0.2) is 0 Å². The highest BCUT2D eigenvalue weighted by Gasteiger charge is 2.33. The van der Waals surface area contributed by atoms with Crippen molar-refractivity contribution in [1.82, 2.24) is 5.32 Å². The maximum atomic E-state index is 12.1. The van der Waals surface area contributed by atoms with Crippen LogP contribution in [0.3, 0.4) is 0 Å². The zero-order valence-electron chi connectivity index (χ0n) is 11.4. The monoisotopic (exact) mass is 257 g/mol. The lowest BCUT2D eigenvalue weighted by Gasteiger charge is -2.31. The Kier molecular flexibility index (Phi) is 5.14. The van der Waals surface area contributed by atoms with E-state index in [2.05, 4.69) is 5.32 Å². The predicted molar refractivity (Wildman–Crippen MR) is 67.2 cm³/mol. The van der Waals surface area contributed by atoms with E-state index in [4.69, 9.17) is 9.84 Å². The molecular formula is C13H23NO4. The Hall–Kier alpha value is -1.10. The van der Waals surface area contributed by atoms with Gasteiger partial charge in [-0.05, 0) is 33.1 Å². The van der Waals surface area contributed by atoms with E-state index in [1.165, 1.54) is 0 Å². The Morgan fingerprint density at radius 3 is 2.50 bits per heavy atom. The normalized spacial score (nSPS) is 24.6. The Balaban J connectivity index is 2.53. The zero-order valence-corrected chi connectivity index (χ0v) is 11.4. The van der Waals surface area contributed by atoms with Crippen molar-refractivity contribution in [3.8, 4) is 0 Å².